The molecule has 0 saturated carbocycles. The first-order valence-electron chi connectivity index (χ1n) is 3.12. The van der Waals surface area contributed by atoms with Gasteiger partial charge in [-0.25, -0.2) is 4.79 Å². The van der Waals surface area contributed by atoms with Gasteiger partial charge in [0.2, 0.25) is 6.08 Å². The molecule has 0 spiro atoms. The topological polar surface area (TPSA) is 46.5 Å². The number of hydrogen-bond acceptors (Lipinski definition) is 2. The zero-order chi connectivity index (χ0) is 8.97. The van der Waals surface area contributed by atoms with E-state index >= 15 is 0 Å². The number of carbonyl (C=O) groups excluding carboxylic acids is 2. The Morgan fingerprint density at radius 3 is 2.83 bits per heavy atom. The lowest BCUT2D eigenvalue weighted by Gasteiger charge is -1.92. The van der Waals surface area contributed by atoms with Gasteiger partial charge in [0.1, 0.15) is 0 Å². The fourth-order valence-corrected chi connectivity index (χ4v) is 0.918. The van der Waals surface area contributed by atoms with Gasteiger partial charge in [-0.1, -0.05) is 17.7 Å². The molecule has 12 heavy (non-hydrogen) atoms. The Labute approximate surface area is 73.7 Å². The van der Waals surface area contributed by atoms with Crippen LogP contribution in [0.5, 0.6) is 0 Å². The molecule has 1 aromatic carbocycles. The summed E-state index contributed by atoms with van der Waals surface area (Å²) < 4.78 is 0. The monoisotopic (exact) mass is 181 g/mol. The first-order valence-corrected chi connectivity index (χ1v) is 3.49. The van der Waals surface area contributed by atoms with E-state index < -0.39 is 5.91 Å². The fraction of sp³-hybridized carbons (Fsp3) is 0. The molecule has 60 valence electrons. The van der Waals surface area contributed by atoms with Crippen molar-refractivity contribution in [2.75, 3.05) is 0 Å². The highest BCUT2D eigenvalue weighted by atomic mass is 35.5. The normalized spacial score (nSPS) is 8.75. The van der Waals surface area contributed by atoms with E-state index in [1.165, 1.54) is 18.2 Å². The van der Waals surface area contributed by atoms with Crippen LogP contribution in [0.2, 0.25) is 5.02 Å². The van der Waals surface area contributed by atoms with Crippen molar-refractivity contribution in [2.45, 2.75) is 0 Å². The van der Waals surface area contributed by atoms with Crippen LogP contribution in [0.25, 0.3) is 0 Å². The minimum atomic E-state index is -0.632. The lowest BCUT2D eigenvalue weighted by molar-refractivity contribution is 0.100. The molecule has 0 fully saturated rings. The van der Waals surface area contributed by atoms with Gasteiger partial charge in [-0.3, -0.25) is 4.79 Å². The van der Waals surface area contributed by atoms with Crippen LogP contribution in [0.1, 0.15) is 10.4 Å². The van der Waals surface area contributed by atoms with Crippen molar-refractivity contribution in [1.29, 1.82) is 0 Å². The van der Waals surface area contributed by atoms with Crippen molar-refractivity contribution >= 4 is 23.6 Å². The lowest BCUT2D eigenvalue weighted by atomic mass is 10.2. The van der Waals surface area contributed by atoms with Crippen molar-refractivity contribution < 1.29 is 9.59 Å². The molecule has 0 aliphatic heterocycles. The molecule has 1 rings (SSSR count). The maximum Gasteiger partial charge on any atom is 0.287 e. The lowest BCUT2D eigenvalue weighted by Crippen LogP contribution is -1.92. The van der Waals surface area contributed by atoms with Crippen molar-refractivity contribution in [3.63, 3.8) is 0 Å². The second-order valence-electron chi connectivity index (χ2n) is 2.02. The number of benzene rings is 1. The van der Waals surface area contributed by atoms with Gasteiger partial charge >= 0.3 is 0 Å². The summed E-state index contributed by atoms with van der Waals surface area (Å²) in [7, 11) is 0. The third-order valence-electron chi connectivity index (χ3n) is 1.22. The highest BCUT2D eigenvalue weighted by Gasteiger charge is 2.02. The van der Waals surface area contributed by atoms with E-state index in [-0.39, 0.29) is 5.56 Å². The second kappa shape index (κ2) is 3.81. The zero-order valence-electron chi connectivity index (χ0n) is 5.95. The van der Waals surface area contributed by atoms with Gasteiger partial charge in [0.05, 0.1) is 0 Å². The minimum absolute atomic E-state index is 0.283. The van der Waals surface area contributed by atoms with Gasteiger partial charge in [-0.15, -0.1) is 4.99 Å². The van der Waals surface area contributed by atoms with Crippen molar-refractivity contribution in [2.24, 2.45) is 4.99 Å². The van der Waals surface area contributed by atoms with Crippen LogP contribution < -0.4 is 0 Å². The molecule has 4 heteroatoms. The predicted octanol–water partition coefficient (Wildman–Crippen LogP) is 1.82. The summed E-state index contributed by atoms with van der Waals surface area (Å²) in [5.74, 6) is -0.632. The molecule has 0 atom stereocenters. The molecular weight excluding hydrogens is 178 g/mol. The van der Waals surface area contributed by atoms with Gasteiger partial charge in [-0.05, 0) is 18.2 Å². The molecular formula is C8H4ClNO2. The van der Waals surface area contributed by atoms with E-state index in [1.54, 1.807) is 12.1 Å². The number of hydrogen-bond donors (Lipinski definition) is 0. The summed E-state index contributed by atoms with van der Waals surface area (Å²) in [5, 5.41) is 0.432. The molecule has 0 aliphatic rings. The summed E-state index contributed by atoms with van der Waals surface area (Å²) in [6.07, 6.45) is 1.17. The van der Waals surface area contributed by atoms with Gasteiger partial charge in [0, 0.05) is 10.6 Å². The fourth-order valence-electron chi connectivity index (χ4n) is 0.728. The van der Waals surface area contributed by atoms with Crippen LogP contribution in [-0.2, 0) is 4.79 Å². The molecule has 1 aromatic rings. The second-order valence-corrected chi connectivity index (χ2v) is 2.46. The van der Waals surface area contributed by atoms with Crippen molar-refractivity contribution in [3.05, 3.63) is 34.9 Å². The molecule has 0 radical (unpaired) electrons. The van der Waals surface area contributed by atoms with Gasteiger partial charge in [0.15, 0.2) is 0 Å². The highest BCUT2D eigenvalue weighted by molar-refractivity contribution is 6.31. The molecule has 1 amide bonds. The van der Waals surface area contributed by atoms with Crippen molar-refractivity contribution in [1.82, 2.24) is 0 Å². The Hall–Kier alpha value is -1.44. The van der Waals surface area contributed by atoms with E-state index in [4.69, 9.17) is 11.6 Å². The average molecular weight is 182 g/mol. The van der Waals surface area contributed by atoms with Crippen LogP contribution in [0.3, 0.4) is 0 Å². The average Bonchev–Trinajstić information content (AvgIpc) is 2.05. The quantitative estimate of drug-likeness (QED) is 0.490. The molecule has 0 aliphatic carbocycles. The molecule has 0 N–H and O–H groups in total. The molecule has 3 nitrogen and oxygen atoms in total. The third kappa shape index (κ3) is 2.02. The number of aliphatic imine (C=N–C) groups is 1. The van der Waals surface area contributed by atoms with Crippen LogP contribution >= 0.6 is 11.6 Å². The Kier molecular flexibility index (Phi) is 2.75. The minimum Gasteiger partial charge on any atom is -0.266 e. The predicted molar refractivity (Wildman–Crippen MR) is 43.9 cm³/mol. The van der Waals surface area contributed by atoms with E-state index in [0.29, 0.717) is 5.02 Å². The van der Waals surface area contributed by atoms with E-state index in [2.05, 4.69) is 4.99 Å². The van der Waals surface area contributed by atoms with Crippen LogP contribution in [-0.4, -0.2) is 12.0 Å². The SMILES string of the molecule is O=C=NC(=O)c1cccc(Cl)c1. The largest absolute Gasteiger partial charge is 0.287 e. The number of rotatable bonds is 1. The summed E-state index contributed by atoms with van der Waals surface area (Å²) in [4.78, 5) is 23.6. The summed E-state index contributed by atoms with van der Waals surface area (Å²) in [5.41, 5.74) is 0.283. The Bertz CT molecular complexity index is 356. The van der Waals surface area contributed by atoms with Crippen LogP contribution in [0, 0.1) is 0 Å². The summed E-state index contributed by atoms with van der Waals surface area (Å²) in [6, 6.07) is 6.19. The van der Waals surface area contributed by atoms with Crippen molar-refractivity contribution in [3.8, 4) is 0 Å². The zero-order valence-corrected chi connectivity index (χ0v) is 6.71. The summed E-state index contributed by atoms with van der Waals surface area (Å²) >= 11 is 5.60. The van der Waals surface area contributed by atoms with Crippen LogP contribution in [0.15, 0.2) is 29.3 Å². The maximum atomic E-state index is 10.9. The first kappa shape index (κ1) is 8.65. The van der Waals surface area contributed by atoms with E-state index in [1.807, 2.05) is 0 Å². The smallest absolute Gasteiger partial charge is 0.266 e. The van der Waals surface area contributed by atoms with E-state index in [0.717, 1.165) is 0 Å². The Balaban J connectivity index is 3.03. The molecule has 0 heterocycles. The van der Waals surface area contributed by atoms with Gasteiger partial charge in [-0.2, -0.15) is 0 Å². The van der Waals surface area contributed by atoms with Gasteiger partial charge < -0.3 is 0 Å². The van der Waals surface area contributed by atoms with Crippen LogP contribution in [0.4, 0.5) is 0 Å². The third-order valence-corrected chi connectivity index (χ3v) is 1.45. The summed E-state index contributed by atoms with van der Waals surface area (Å²) in [6.45, 7) is 0. The first-order chi connectivity index (χ1) is 5.74. The standard InChI is InChI=1S/C8H4ClNO2/c9-7-3-1-2-6(4-7)8(12)10-5-11/h1-4H. The Morgan fingerprint density at radius 1 is 1.50 bits per heavy atom. The van der Waals surface area contributed by atoms with E-state index in [9.17, 15) is 9.59 Å². The number of nitrogens with zero attached hydrogens (tertiary/aromatic N) is 1. The van der Waals surface area contributed by atoms with Gasteiger partial charge in [0.25, 0.3) is 5.91 Å². The molecule has 0 bridgehead atoms. The molecule has 0 saturated heterocycles. The molecule has 0 unspecified atom stereocenters. The number of halogens is 1. The number of carbonyl (C=O) groups is 1. The number of amides is 1. The maximum absolute atomic E-state index is 10.9. The Morgan fingerprint density at radius 2 is 2.25 bits per heavy atom. The number of isocyanates is 1. The molecule has 0 aromatic heterocycles. The highest BCUT2D eigenvalue weighted by Crippen LogP contribution is 2.10.